The van der Waals surface area contributed by atoms with Crippen LogP contribution in [0.25, 0.3) is 11.3 Å². The summed E-state index contributed by atoms with van der Waals surface area (Å²) in [6.07, 6.45) is 2.12. The Balaban J connectivity index is 1.57. The van der Waals surface area contributed by atoms with Gasteiger partial charge < -0.3 is 10.6 Å². The number of halogens is 1. The maximum atomic E-state index is 12.3. The molecule has 1 saturated carbocycles. The highest BCUT2D eigenvalue weighted by Gasteiger charge is 2.24. The Morgan fingerprint density at radius 1 is 1.21 bits per heavy atom. The van der Waals surface area contributed by atoms with E-state index in [-0.39, 0.29) is 5.91 Å². The number of aromatic nitrogens is 1. The molecular formula is C20H17BrN4O2S. The Morgan fingerprint density at radius 2 is 1.96 bits per heavy atom. The van der Waals surface area contributed by atoms with Gasteiger partial charge in [-0.1, -0.05) is 29.5 Å². The standard InChI is InChI=1S/C20H17BrN4O2S/c1-11-2-3-13(19(26)22-14-8-9-14)10-16(11)23-20-24-17(18(21)28-20)12-4-6-15(25-27)7-5-12/h2-7,10,14H,8-9H2,1H3,(H,22,26)(H,23,24). The number of hydrogen-bond acceptors (Lipinski definition) is 6. The van der Waals surface area contributed by atoms with E-state index in [0.29, 0.717) is 22.4 Å². The molecule has 28 heavy (non-hydrogen) atoms. The lowest BCUT2D eigenvalue weighted by atomic mass is 10.1. The number of hydrogen-bond donors (Lipinski definition) is 2. The zero-order valence-electron chi connectivity index (χ0n) is 15.0. The highest BCUT2D eigenvalue weighted by Crippen LogP contribution is 2.37. The molecule has 4 rings (SSSR count). The summed E-state index contributed by atoms with van der Waals surface area (Å²) in [7, 11) is 0. The van der Waals surface area contributed by atoms with Gasteiger partial charge in [0.1, 0.15) is 5.69 Å². The molecule has 2 N–H and O–H groups in total. The van der Waals surface area contributed by atoms with Gasteiger partial charge in [0, 0.05) is 22.9 Å². The second kappa shape index (κ2) is 7.81. The molecule has 0 saturated heterocycles. The highest BCUT2D eigenvalue weighted by molar-refractivity contribution is 9.11. The molecule has 1 aromatic heterocycles. The molecule has 0 unspecified atom stereocenters. The first-order chi connectivity index (χ1) is 13.5. The third kappa shape index (κ3) is 4.13. The number of thiazole rings is 1. The number of carbonyl (C=O) groups is 1. The van der Waals surface area contributed by atoms with E-state index >= 15 is 0 Å². The number of anilines is 2. The van der Waals surface area contributed by atoms with Gasteiger partial charge in [-0.25, -0.2) is 4.98 Å². The van der Waals surface area contributed by atoms with Gasteiger partial charge in [0.25, 0.3) is 5.91 Å². The first kappa shape index (κ1) is 18.8. The van der Waals surface area contributed by atoms with E-state index in [1.165, 1.54) is 11.3 Å². The number of carbonyl (C=O) groups excluding carboxylic acids is 1. The summed E-state index contributed by atoms with van der Waals surface area (Å²) in [6.45, 7) is 1.99. The number of rotatable bonds is 6. The molecule has 142 valence electrons. The molecular weight excluding hydrogens is 440 g/mol. The Morgan fingerprint density at radius 3 is 2.64 bits per heavy atom. The first-order valence-corrected chi connectivity index (χ1v) is 10.4. The van der Waals surface area contributed by atoms with Crippen molar-refractivity contribution in [3.8, 4) is 11.3 Å². The van der Waals surface area contributed by atoms with Gasteiger partial charge in [-0.2, -0.15) is 0 Å². The van der Waals surface area contributed by atoms with Gasteiger partial charge in [0.05, 0.1) is 9.48 Å². The third-order valence-electron chi connectivity index (χ3n) is 4.49. The third-order valence-corrected chi connectivity index (χ3v) is 6.11. The Hall–Kier alpha value is -2.58. The summed E-state index contributed by atoms with van der Waals surface area (Å²) in [5, 5.41) is 9.96. The molecule has 0 atom stereocenters. The SMILES string of the molecule is Cc1ccc(C(=O)NC2CC2)cc1Nc1nc(-c2ccc(N=O)cc2)c(Br)s1. The highest BCUT2D eigenvalue weighted by atomic mass is 79.9. The number of amides is 1. The van der Waals surface area contributed by atoms with Crippen molar-refractivity contribution in [1.82, 2.24) is 10.3 Å². The molecule has 1 aliphatic carbocycles. The van der Waals surface area contributed by atoms with Crippen LogP contribution in [0, 0.1) is 11.8 Å². The molecule has 1 fully saturated rings. The fraction of sp³-hybridized carbons (Fsp3) is 0.200. The molecule has 1 aliphatic rings. The summed E-state index contributed by atoms with van der Waals surface area (Å²) in [5.41, 5.74) is 4.55. The maximum absolute atomic E-state index is 12.3. The van der Waals surface area contributed by atoms with Crippen LogP contribution in [0.1, 0.15) is 28.8 Å². The number of nitrogens with one attached hydrogen (secondary N) is 2. The molecule has 3 aromatic rings. The van der Waals surface area contributed by atoms with Crippen molar-refractivity contribution in [2.24, 2.45) is 5.18 Å². The molecule has 2 aromatic carbocycles. The average molecular weight is 457 g/mol. The molecule has 0 spiro atoms. The van der Waals surface area contributed by atoms with Crippen LogP contribution in [0.15, 0.2) is 51.4 Å². The van der Waals surface area contributed by atoms with Crippen molar-refractivity contribution in [3.05, 3.63) is 62.3 Å². The van der Waals surface area contributed by atoms with Gasteiger partial charge in [-0.05, 0) is 70.7 Å². The average Bonchev–Trinajstić information content (AvgIpc) is 3.44. The van der Waals surface area contributed by atoms with Crippen LogP contribution in [-0.2, 0) is 0 Å². The van der Waals surface area contributed by atoms with Crippen LogP contribution < -0.4 is 10.6 Å². The van der Waals surface area contributed by atoms with Crippen molar-refractivity contribution < 1.29 is 4.79 Å². The van der Waals surface area contributed by atoms with Crippen molar-refractivity contribution in [2.75, 3.05) is 5.32 Å². The van der Waals surface area contributed by atoms with Crippen LogP contribution in [-0.4, -0.2) is 16.9 Å². The van der Waals surface area contributed by atoms with E-state index in [1.807, 2.05) is 37.3 Å². The summed E-state index contributed by atoms with van der Waals surface area (Å²) in [6, 6.07) is 12.9. The summed E-state index contributed by atoms with van der Waals surface area (Å²) < 4.78 is 0.877. The fourth-order valence-corrected chi connectivity index (χ4v) is 4.23. The zero-order valence-corrected chi connectivity index (χ0v) is 17.4. The number of nitroso groups, excluding NO2 is 1. The van der Waals surface area contributed by atoms with Crippen molar-refractivity contribution >= 4 is 49.7 Å². The van der Waals surface area contributed by atoms with Crippen LogP contribution in [0.5, 0.6) is 0 Å². The molecule has 8 heteroatoms. The number of nitrogens with zero attached hydrogens (tertiary/aromatic N) is 2. The van der Waals surface area contributed by atoms with Gasteiger partial charge >= 0.3 is 0 Å². The van der Waals surface area contributed by atoms with E-state index in [9.17, 15) is 9.70 Å². The van der Waals surface area contributed by atoms with E-state index < -0.39 is 0 Å². The lowest BCUT2D eigenvalue weighted by Crippen LogP contribution is -2.25. The van der Waals surface area contributed by atoms with E-state index in [0.717, 1.165) is 39.1 Å². The summed E-state index contributed by atoms with van der Waals surface area (Å²) in [5.74, 6) is -0.0459. The summed E-state index contributed by atoms with van der Waals surface area (Å²) >= 11 is 5.03. The molecule has 6 nitrogen and oxygen atoms in total. The van der Waals surface area contributed by atoms with Crippen LogP contribution in [0.2, 0.25) is 0 Å². The minimum absolute atomic E-state index is 0.0459. The van der Waals surface area contributed by atoms with Gasteiger partial charge in [-0.3, -0.25) is 4.79 Å². The van der Waals surface area contributed by atoms with Crippen molar-refractivity contribution in [2.45, 2.75) is 25.8 Å². The predicted molar refractivity (Wildman–Crippen MR) is 116 cm³/mol. The molecule has 1 amide bonds. The first-order valence-electron chi connectivity index (χ1n) is 8.82. The van der Waals surface area contributed by atoms with Crippen LogP contribution in [0.4, 0.5) is 16.5 Å². The van der Waals surface area contributed by atoms with Gasteiger partial charge in [-0.15, -0.1) is 4.91 Å². The van der Waals surface area contributed by atoms with E-state index in [1.54, 1.807) is 12.1 Å². The Bertz CT molecular complexity index is 1040. The maximum Gasteiger partial charge on any atom is 0.251 e. The smallest absolute Gasteiger partial charge is 0.251 e. The minimum Gasteiger partial charge on any atom is -0.349 e. The lowest BCUT2D eigenvalue weighted by molar-refractivity contribution is 0.0951. The quantitative estimate of drug-likeness (QED) is 0.451. The molecule has 0 radical (unpaired) electrons. The lowest BCUT2D eigenvalue weighted by Gasteiger charge is -2.10. The Kier molecular flexibility index (Phi) is 5.23. The van der Waals surface area contributed by atoms with E-state index in [4.69, 9.17) is 0 Å². The normalized spacial score (nSPS) is 13.2. The molecule has 1 heterocycles. The van der Waals surface area contributed by atoms with E-state index in [2.05, 4.69) is 36.7 Å². The Labute approximate surface area is 174 Å². The van der Waals surface area contributed by atoms with Gasteiger partial charge in [0.2, 0.25) is 0 Å². The number of benzene rings is 2. The largest absolute Gasteiger partial charge is 0.349 e. The van der Waals surface area contributed by atoms with Crippen LogP contribution in [0.3, 0.4) is 0 Å². The molecule has 0 aliphatic heterocycles. The van der Waals surface area contributed by atoms with Gasteiger partial charge in [0.15, 0.2) is 5.13 Å². The second-order valence-electron chi connectivity index (χ2n) is 6.68. The topological polar surface area (TPSA) is 83.4 Å². The van der Waals surface area contributed by atoms with Crippen molar-refractivity contribution in [1.29, 1.82) is 0 Å². The summed E-state index contributed by atoms with van der Waals surface area (Å²) in [4.78, 5) is 27.6. The van der Waals surface area contributed by atoms with Crippen molar-refractivity contribution in [3.63, 3.8) is 0 Å². The second-order valence-corrected chi connectivity index (χ2v) is 9.00. The number of aryl methyl sites for hydroxylation is 1. The molecule has 0 bridgehead atoms. The zero-order chi connectivity index (χ0) is 19.7. The minimum atomic E-state index is -0.0459. The van der Waals surface area contributed by atoms with Crippen LogP contribution >= 0.6 is 27.3 Å². The monoisotopic (exact) mass is 456 g/mol. The predicted octanol–water partition coefficient (Wildman–Crippen LogP) is 5.91. The fourth-order valence-electron chi connectivity index (χ4n) is 2.72.